The van der Waals surface area contributed by atoms with E-state index >= 15 is 0 Å². The molecule has 0 amide bonds. The first-order chi connectivity index (χ1) is 19.3. The van der Waals surface area contributed by atoms with Gasteiger partial charge in [-0.15, -0.1) is 0 Å². The molecule has 0 saturated heterocycles. The van der Waals surface area contributed by atoms with Gasteiger partial charge >= 0.3 is 0 Å². The molecule has 206 valence electrons. The second-order valence-electron chi connectivity index (χ2n) is 10.7. The molecule has 1 aliphatic heterocycles. The summed E-state index contributed by atoms with van der Waals surface area (Å²) in [5, 5.41) is 6.39. The second-order valence-corrected chi connectivity index (χ2v) is 14.9. The molecule has 5 rings (SSSR count). The van der Waals surface area contributed by atoms with Crippen LogP contribution in [0.3, 0.4) is 0 Å². The third-order valence-electron chi connectivity index (χ3n) is 7.07. The van der Waals surface area contributed by atoms with Crippen molar-refractivity contribution in [3.63, 3.8) is 0 Å². The molecule has 2 aliphatic rings. The minimum atomic E-state index is 0.224. The molecule has 1 aliphatic carbocycles. The van der Waals surface area contributed by atoms with Crippen molar-refractivity contribution in [2.45, 2.75) is 61.8 Å². The van der Waals surface area contributed by atoms with E-state index in [1.807, 2.05) is 33.9 Å². The Kier molecular flexibility index (Phi) is 9.21. The average molecular weight is 602 g/mol. The Bertz CT molecular complexity index is 1570. The summed E-state index contributed by atoms with van der Waals surface area (Å²) in [6.45, 7) is 18.9. The molecule has 2 aromatic carbocycles. The summed E-state index contributed by atoms with van der Waals surface area (Å²) < 4.78 is 3.72. The van der Waals surface area contributed by atoms with Gasteiger partial charge in [0.1, 0.15) is 11.2 Å². The van der Waals surface area contributed by atoms with Crippen LogP contribution in [0, 0.1) is 5.41 Å². The number of aromatic nitrogens is 1. The maximum Gasteiger partial charge on any atom is 0.262 e. The standard InChI is InChI=1S/C34H37N2S4/c1-7-35-28-16-14-26(37-9-3)20-30(28)39-32(35)13-11-12-24-18-25(23-34(5,6)22-24)19-33-36(8-2)29-17-15-27(38-10-4)21-31(29)40-33/h9-21H,3-4,7-8,22-23H2,1-2,5-6H3/q+1. The van der Waals surface area contributed by atoms with Gasteiger partial charge < -0.3 is 4.90 Å². The highest BCUT2D eigenvalue weighted by Crippen LogP contribution is 2.48. The van der Waals surface area contributed by atoms with Crippen molar-refractivity contribution in [3.05, 3.63) is 106 Å². The van der Waals surface area contributed by atoms with Crippen LogP contribution in [0.1, 0.15) is 45.5 Å². The van der Waals surface area contributed by atoms with E-state index in [9.17, 15) is 0 Å². The Labute approximate surface area is 256 Å². The lowest BCUT2D eigenvalue weighted by Crippen LogP contribution is -2.33. The van der Waals surface area contributed by atoms with Crippen LogP contribution in [0.2, 0.25) is 0 Å². The number of benzene rings is 2. The summed E-state index contributed by atoms with van der Waals surface area (Å²) in [6, 6.07) is 13.4. The van der Waals surface area contributed by atoms with Gasteiger partial charge in [0.25, 0.3) is 5.01 Å². The Morgan fingerprint density at radius 2 is 1.77 bits per heavy atom. The quantitative estimate of drug-likeness (QED) is 0.178. The Morgan fingerprint density at radius 1 is 1.02 bits per heavy atom. The van der Waals surface area contributed by atoms with Crippen LogP contribution >= 0.6 is 46.6 Å². The maximum absolute atomic E-state index is 3.87. The fraction of sp³-hybridized carbons (Fsp3) is 0.265. The molecule has 3 aromatic rings. The second kappa shape index (κ2) is 12.6. The molecule has 40 heavy (non-hydrogen) atoms. The zero-order valence-electron chi connectivity index (χ0n) is 23.8. The smallest absolute Gasteiger partial charge is 0.262 e. The first-order valence-corrected chi connectivity index (χ1v) is 17.1. The number of nitrogens with zero attached hydrogens (tertiary/aromatic N) is 2. The van der Waals surface area contributed by atoms with Crippen LogP contribution in [-0.2, 0) is 6.54 Å². The molecular formula is C34H37N2S4+. The first kappa shape index (κ1) is 29.1. The van der Waals surface area contributed by atoms with Crippen molar-refractivity contribution >= 4 is 68.6 Å². The van der Waals surface area contributed by atoms with Crippen molar-refractivity contribution in [2.75, 3.05) is 11.4 Å². The average Bonchev–Trinajstić information content (AvgIpc) is 3.43. The zero-order valence-corrected chi connectivity index (χ0v) is 27.0. The summed E-state index contributed by atoms with van der Waals surface area (Å²) in [5.41, 5.74) is 5.63. The normalized spacial score (nSPS) is 18.6. The number of allylic oxidation sites excluding steroid dienone is 6. The molecule has 0 atom stereocenters. The molecule has 6 heteroatoms. The fourth-order valence-electron chi connectivity index (χ4n) is 5.51. The summed E-state index contributed by atoms with van der Waals surface area (Å²) in [6.07, 6.45) is 13.8. The number of thiazole rings is 1. The summed E-state index contributed by atoms with van der Waals surface area (Å²) in [7, 11) is 0. The van der Waals surface area contributed by atoms with Crippen molar-refractivity contribution in [1.82, 2.24) is 0 Å². The number of hydrogen-bond donors (Lipinski definition) is 0. The van der Waals surface area contributed by atoms with E-state index in [0.717, 1.165) is 25.9 Å². The third kappa shape index (κ3) is 6.41. The molecular weight excluding hydrogens is 565 g/mol. The van der Waals surface area contributed by atoms with Crippen molar-refractivity contribution in [1.29, 1.82) is 0 Å². The number of thioether (sulfide) groups is 3. The topological polar surface area (TPSA) is 7.12 Å². The van der Waals surface area contributed by atoms with Gasteiger partial charge in [0.05, 0.1) is 10.7 Å². The lowest BCUT2D eigenvalue weighted by Gasteiger charge is -2.31. The Balaban J connectivity index is 1.42. The van der Waals surface area contributed by atoms with Crippen molar-refractivity contribution < 1.29 is 4.57 Å². The predicted octanol–water partition coefficient (Wildman–Crippen LogP) is 10.8. The number of rotatable bonds is 9. The lowest BCUT2D eigenvalue weighted by atomic mass is 9.75. The first-order valence-electron chi connectivity index (χ1n) is 13.7. The van der Waals surface area contributed by atoms with Crippen molar-refractivity contribution in [2.24, 2.45) is 5.41 Å². The number of fused-ring (bicyclic) bond motifs is 2. The van der Waals surface area contributed by atoms with Gasteiger partial charge in [0, 0.05) is 33.4 Å². The Hall–Kier alpha value is -2.38. The summed E-state index contributed by atoms with van der Waals surface area (Å²) in [4.78, 5) is 6.25. The maximum atomic E-state index is 3.87. The van der Waals surface area contributed by atoms with Crippen molar-refractivity contribution in [3.8, 4) is 0 Å². The minimum absolute atomic E-state index is 0.224. The number of anilines is 1. The van der Waals surface area contributed by atoms with Crippen LogP contribution < -0.4 is 9.47 Å². The van der Waals surface area contributed by atoms with Gasteiger partial charge in [0.15, 0.2) is 0 Å². The number of aryl methyl sites for hydroxylation is 1. The largest absolute Gasteiger partial charge is 0.335 e. The number of hydrogen-bond acceptors (Lipinski definition) is 5. The monoisotopic (exact) mass is 601 g/mol. The zero-order chi connectivity index (χ0) is 28.3. The lowest BCUT2D eigenvalue weighted by molar-refractivity contribution is -0.665. The van der Waals surface area contributed by atoms with Crippen LogP contribution in [0.4, 0.5) is 5.69 Å². The van der Waals surface area contributed by atoms with Crippen LogP contribution in [0.15, 0.2) is 116 Å². The Morgan fingerprint density at radius 3 is 2.50 bits per heavy atom. The van der Waals surface area contributed by atoms with E-state index in [1.165, 1.54) is 51.8 Å². The van der Waals surface area contributed by atoms with Gasteiger partial charge in [-0.1, -0.05) is 91.9 Å². The summed E-state index contributed by atoms with van der Waals surface area (Å²) >= 11 is 7.10. The van der Waals surface area contributed by atoms with E-state index in [4.69, 9.17) is 0 Å². The molecule has 0 spiro atoms. The van der Waals surface area contributed by atoms with Gasteiger partial charge in [-0.05, 0) is 90.5 Å². The SMILES string of the molecule is C=CSc1ccc2c(c1)SC(=CC1=CC(=CC=Cc3sc4cc(SC=C)ccc4[n+]3CC)CC(C)(C)C1)N2CC. The fourth-order valence-corrected chi connectivity index (χ4v) is 9.13. The van der Waals surface area contributed by atoms with Gasteiger partial charge in [0.2, 0.25) is 5.52 Å². The highest BCUT2D eigenvalue weighted by atomic mass is 32.2. The van der Waals surface area contributed by atoms with Crippen LogP contribution in [-0.4, -0.2) is 6.54 Å². The van der Waals surface area contributed by atoms with Gasteiger partial charge in [-0.25, -0.2) is 0 Å². The minimum Gasteiger partial charge on any atom is -0.335 e. The van der Waals surface area contributed by atoms with E-state index in [2.05, 4.69) is 117 Å². The molecule has 0 radical (unpaired) electrons. The molecule has 0 N–H and O–H groups in total. The van der Waals surface area contributed by atoms with E-state index < -0.39 is 0 Å². The van der Waals surface area contributed by atoms with Gasteiger partial charge in [-0.2, -0.15) is 4.57 Å². The van der Waals surface area contributed by atoms with E-state index in [-0.39, 0.29) is 5.41 Å². The van der Waals surface area contributed by atoms with Crippen LogP contribution in [0.5, 0.6) is 0 Å². The van der Waals surface area contributed by atoms with Gasteiger partial charge in [-0.3, -0.25) is 0 Å². The van der Waals surface area contributed by atoms with E-state index in [1.54, 1.807) is 23.5 Å². The molecule has 0 saturated carbocycles. The molecule has 0 unspecified atom stereocenters. The molecule has 1 aromatic heterocycles. The highest BCUT2D eigenvalue weighted by Gasteiger charge is 2.28. The van der Waals surface area contributed by atoms with Crippen LogP contribution in [0.25, 0.3) is 16.3 Å². The highest BCUT2D eigenvalue weighted by molar-refractivity contribution is 8.04. The molecule has 2 heterocycles. The molecule has 0 bridgehead atoms. The molecule has 0 fully saturated rings. The predicted molar refractivity (Wildman–Crippen MR) is 181 cm³/mol. The summed E-state index contributed by atoms with van der Waals surface area (Å²) in [5.74, 6) is 0. The molecule has 2 nitrogen and oxygen atoms in total. The third-order valence-corrected chi connectivity index (χ3v) is 10.7. The van der Waals surface area contributed by atoms with E-state index in [0.29, 0.717) is 0 Å².